The van der Waals surface area contributed by atoms with Crippen LogP contribution in [0.3, 0.4) is 0 Å². The first kappa shape index (κ1) is 21.4. The fourth-order valence-corrected chi connectivity index (χ4v) is 2.76. The number of benzene rings is 2. The van der Waals surface area contributed by atoms with Crippen LogP contribution >= 0.6 is 0 Å². The number of aliphatic hydroxyl groups is 1. The summed E-state index contributed by atoms with van der Waals surface area (Å²) in [5.41, 5.74) is 2.78. The summed E-state index contributed by atoms with van der Waals surface area (Å²) in [6.07, 6.45) is 0. The highest BCUT2D eigenvalue weighted by Crippen LogP contribution is 2.13. The zero-order chi connectivity index (χ0) is 20.4. The number of rotatable bonds is 8. The molecule has 0 spiro atoms. The van der Waals surface area contributed by atoms with Crippen molar-refractivity contribution in [2.24, 2.45) is 4.99 Å². The second kappa shape index (κ2) is 11.1. The maximum absolute atomic E-state index is 12.0. The SMILES string of the molecule is CCNC(=NCc1ccc(C(=O)N(C)C)cc1)NCC(CO)c1ccccc1. The summed E-state index contributed by atoms with van der Waals surface area (Å²) in [6.45, 7) is 3.91. The average molecular weight is 383 g/mol. The van der Waals surface area contributed by atoms with Crippen molar-refractivity contribution in [2.75, 3.05) is 33.8 Å². The predicted octanol–water partition coefficient (Wildman–Crippen LogP) is 2.22. The molecule has 150 valence electrons. The lowest BCUT2D eigenvalue weighted by Crippen LogP contribution is -2.39. The summed E-state index contributed by atoms with van der Waals surface area (Å²) in [5.74, 6) is 0.688. The summed E-state index contributed by atoms with van der Waals surface area (Å²) in [6, 6.07) is 17.4. The van der Waals surface area contributed by atoms with Crippen LogP contribution in [0.15, 0.2) is 59.6 Å². The van der Waals surface area contributed by atoms with Crippen molar-refractivity contribution in [2.45, 2.75) is 19.4 Å². The second-order valence-corrected chi connectivity index (χ2v) is 6.76. The first-order valence-electron chi connectivity index (χ1n) is 9.53. The molecular weight excluding hydrogens is 352 g/mol. The Hall–Kier alpha value is -2.86. The molecule has 2 aromatic rings. The Balaban J connectivity index is 1.98. The number of guanidine groups is 1. The lowest BCUT2D eigenvalue weighted by atomic mass is 10.0. The number of nitrogens with one attached hydrogen (secondary N) is 2. The minimum absolute atomic E-state index is 0.00128. The molecule has 1 amide bonds. The maximum Gasteiger partial charge on any atom is 0.253 e. The number of carbonyl (C=O) groups is 1. The normalized spacial score (nSPS) is 12.4. The highest BCUT2D eigenvalue weighted by atomic mass is 16.3. The highest BCUT2D eigenvalue weighted by Gasteiger charge is 2.11. The minimum atomic E-state index is -0.0130. The molecule has 1 unspecified atom stereocenters. The third-order valence-electron chi connectivity index (χ3n) is 4.38. The lowest BCUT2D eigenvalue weighted by Gasteiger charge is -2.18. The Morgan fingerprint density at radius 3 is 2.32 bits per heavy atom. The molecule has 0 radical (unpaired) electrons. The summed E-state index contributed by atoms with van der Waals surface area (Å²) in [7, 11) is 3.48. The second-order valence-electron chi connectivity index (χ2n) is 6.76. The number of amides is 1. The van der Waals surface area contributed by atoms with Gasteiger partial charge in [0, 0.05) is 38.7 Å². The van der Waals surface area contributed by atoms with Gasteiger partial charge >= 0.3 is 0 Å². The largest absolute Gasteiger partial charge is 0.396 e. The monoisotopic (exact) mass is 382 g/mol. The third-order valence-corrected chi connectivity index (χ3v) is 4.38. The number of aliphatic hydroxyl groups excluding tert-OH is 1. The van der Waals surface area contributed by atoms with E-state index in [1.165, 1.54) is 0 Å². The van der Waals surface area contributed by atoms with Crippen molar-refractivity contribution in [3.05, 3.63) is 71.3 Å². The van der Waals surface area contributed by atoms with E-state index in [0.717, 1.165) is 17.7 Å². The molecule has 6 heteroatoms. The van der Waals surface area contributed by atoms with Gasteiger partial charge in [0.05, 0.1) is 13.2 Å². The van der Waals surface area contributed by atoms with E-state index in [1.807, 2.05) is 61.5 Å². The van der Waals surface area contributed by atoms with Crippen LogP contribution in [0.4, 0.5) is 0 Å². The van der Waals surface area contributed by atoms with E-state index >= 15 is 0 Å². The summed E-state index contributed by atoms with van der Waals surface area (Å²) >= 11 is 0. The number of carbonyl (C=O) groups excluding carboxylic acids is 1. The molecule has 0 aromatic heterocycles. The Morgan fingerprint density at radius 1 is 1.07 bits per heavy atom. The van der Waals surface area contributed by atoms with Crippen molar-refractivity contribution in [1.82, 2.24) is 15.5 Å². The van der Waals surface area contributed by atoms with Crippen molar-refractivity contribution in [3.8, 4) is 0 Å². The fraction of sp³-hybridized carbons (Fsp3) is 0.364. The molecular formula is C22H30N4O2. The van der Waals surface area contributed by atoms with E-state index in [9.17, 15) is 9.90 Å². The van der Waals surface area contributed by atoms with Gasteiger partial charge in [0.15, 0.2) is 5.96 Å². The molecule has 2 aromatic carbocycles. The van der Waals surface area contributed by atoms with Gasteiger partial charge < -0.3 is 20.6 Å². The van der Waals surface area contributed by atoms with Crippen LogP contribution in [-0.2, 0) is 6.54 Å². The maximum atomic E-state index is 12.0. The molecule has 0 aliphatic carbocycles. The highest BCUT2D eigenvalue weighted by molar-refractivity contribution is 5.93. The van der Waals surface area contributed by atoms with Gasteiger partial charge in [0.1, 0.15) is 0 Å². The number of hydrogen-bond acceptors (Lipinski definition) is 3. The number of hydrogen-bond donors (Lipinski definition) is 3. The molecule has 0 aliphatic heterocycles. The van der Waals surface area contributed by atoms with Crippen LogP contribution in [0, 0.1) is 0 Å². The van der Waals surface area contributed by atoms with E-state index in [1.54, 1.807) is 19.0 Å². The minimum Gasteiger partial charge on any atom is -0.396 e. The van der Waals surface area contributed by atoms with Crippen molar-refractivity contribution in [1.29, 1.82) is 0 Å². The lowest BCUT2D eigenvalue weighted by molar-refractivity contribution is 0.0827. The van der Waals surface area contributed by atoms with Gasteiger partial charge in [-0.1, -0.05) is 42.5 Å². The summed E-state index contributed by atoms with van der Waals surface area (Å²) in [4.78, 5) is 18.1. The third kappa shape index (κ3) is 6.39. The van der Waals surface area contributed by atoms with Gasteiger partial charge in [-0.15, -0.1) is 0 Å². The standard InChI is InChI=1S/C22H30N4O2/c1-4-23-22(25-15-20(16-27)18-8-6-5-7-9-18)24-14-17-10-12-19(13-11-17)21(28)26(2)3/h5-13,20,27H,4,14-16H2,1-3H3,(H2,23,24,25). The molecule has 2 rings (SSSR count). The molecule has 0 bridgehead atoms. The molecule has 1 atom stereocenters. The van der Waals surface area contributed by atoms with E-state index in [0.29, 0.717) is 24.6 Å². The van der Waals surface area contributed by atoms with E-state index in [-0.39, 0.29) is 18.4 Å². The zero-order valence-electron chi connectivity index (χ0n) is 16.9. The van der Waals surface area contributed by atoms with Gasteiger partial charge in [-0.05, 0) is 30.2 Å². The fourth-order valence-electron chi connectivity index (χ4n) is 2.76. The molecule has 0 fully saturated rings. The summed E-state index contributed by atoms with van der Waals surface area (Å²) < 4.78 is 0. The van der Waals surface area contributed by atoms with E-state index < -0.39 is 0 Å². The Bertz CT molecular complexity index is 758. The molecule has 0 saturated carbocycles. The van der Waals surface area contributed by atoms with Crippen LogP contribution in [0.5, 0.6) is 0 Å². The molecule has 0 saturated heterocycles. The van der Waals surface area contributed by atoms with Crippen molar-refractivity contribution in [3.63, 3.8) is 0 Å². The van der Waals surface area contributed by atoms with Gasteiger partial charge in [-0.25, -0.2) is 4.99 Å². The first-order chi connectivity index (χ1) is 13.5. The molecule has 0 aliphatic rings. The van der Waals surface area contributed by atoms with E-state index in [2.05, 4.69) is 15.6 Å². The van der Waals surface area contributed by atoms with Crippen LogP contribution in [-0.4, -0.2) is 55.7 Å². The molecule has 6 nitrogen and oxygen atoms in total. The molecule has 0 heterocycles. The summed E-state index contributed by atoms with van der Waals surface area (Å²) in [5, 5.41) is 16.2. The van der Waals surface area contributed by atoms with Crippen molar-refractivity contribution < 1.29 is 9.90 Å². The number of aliphatic imine (C=N–C) groups is 1. The Labute approximate surface area is 167 Å². The van der Waals surface area contributed by atoms with Gasteiger partial charge in [-0.3, -0.25) is 4.79 Å². The average Bonchev–Trinajstić information content (AvgIpc) is 2.73. The van der Waals surface area contributed by atoms with Crippen molar-refractivity contribution >= 4 is 11.9 Å². The topological polar surface area (TPSA) is 77.0 Å². The quantitative estimate of drug-likeness (QED) is 0.483. The molecule has 28 heavy (non-hydrogen) atoms. The van der Waals surface area contributed by atoms with Crippen LogP contribution in [0.25, 0.3) is 0 Å². The Morgan fingerprint density at radius 2 is 1.75 bits per heavy atom. The Kier molecular flexibility index (Phi) is 8.49. The smallest absolute Gasteiger partial charge is 0.253 e. The van der Waals surface area contributed by atoms with Crippen LogP contribution in [0.1, 0.15) is 34.3 Å². The molecule has 3 N–H and O–H groups in total. The number of nitrogens with zero attached hydrogens (tertiary/aromatic N) is 2. The van der Waals surface area contributed by atoms with Gasteiger partial charge in [0.2, 0.25) is 0 Å². The predicted molar refractivity (Wildman–Crippen MR) is 114 cm³/mol. The van der Waals surface area contributed by atoms with E-state index in [4.69, 9.17) is 0 Å². The van der Waals surface area contributed by atoms with Crippen LogP contribution in [0.2, 0.25) is 0 Å². The first-order valence-corrected chi connectivity index (χ1v) is 9.53. The van der Waals surface area contributed by atoms with Gasteiger partial charge in [0.25, 0.3) is 5.91 Å². The van der Waals surface area contributed by atoms with Crippen LogP contribution < -0.4 is 10.6 Å². The zero-order valence-corrected chi connectivity index (χ0v) is 16.9. The van der Waals surface area contributed by atoms with Gasteiger partial charge in [-0.2, -0.15) is 0 Å².